The van der Waals surface area contributed by atoms with Crippen LogP contribution in [0.5, 0.6) is 11.5 Å². The van der Waals surface area contributed by atoms with Crippen molar-refractivity contribution in [2.45, 2.75) is 97.8 Å². The molecule has 0 aliphatic carbocycles. The highest BCUT2D eigenvalue weighted by atomic mass is 32.1. The molecule has 3 rings (SSSR count). The van der Waals surface area contributed by atoms with Crippen molar-refractivity contribution in [2.75, 3.05) is 6.61 Å². The Labute approximate surface area is 269 Å². The first-order valence-electron chi connectivity index (χ1n) is 16.3. The fourth-order valence-electron chi connectivity index (χ4n) is 4.75. The lowest BCUT2D eigenvalue weighted by Crippen LogP contribution is -2.15. The van der Waals surface area contributed by atoms with E-state index in [1.165, 1.54) is 69.8 Å². The number of aryl methyl sites for hydroxylation is 1. The molecule has 0 spiro atoms. The second-order valence-electron chi connectivity index (χ2n) is 11.5. The van der Waals surface area contributed by atoms with E-state index in [1.807, 2.05) is 26.0 Å². The van der Waals surface area contributed by atoms with Crippen LogP contribution >= 0.6 is 12.2 Å². The molecule has 0 bridgehead atoms. The predicted molar refractivity (Wildman–Crippen MR) is 182 cm³/mol. The monoisotopic (exact) mass is 616 g/mol. The molecule has 0 aliphatic heterocycles. The van der Waals surface area contributed by atoms with Gasteiger partial charge in [-0.25, -0.2) is 9.59 Å². The summed E-state index contributed by atoms with van der Waals surface area (Å²) in [7, 11) is 0. The highest BCUT2D eigenvalue weighted by molar-refractivity contribution is 7.80. The highest BCUT2D eigenvalue weighted by Crippen LogP contribution is 2.22. The van der Waals surface area contributed by atoms with Gasteiger partial charge in [0, 0.05) is 5.56 Å². The molecule has 0 heterocycles. The molecule has 1 unspecified atom stereocenters. The van der Waals surface area contributed by atoms with E-state index in [9.17, 15) is 9.59 Å². The third-order valence-corrected chi connectivity index (χ3v) is 8.13. The number of ether oxygens (including phenoxy) is 3. The zero-order chi connectivity index (χ0) is 31.6. The number of benzene rings is 3. The number of carbonyl (C=O) groups excluding carboxylic acids is 2. The van der Waals surface area contributed by atoms with E-state index in [4.69, 9.17) is 26.4 Å². The molecule has 0 N–H and O–H groups in total. The van der Waals surface area contributed by atoms with Crippen molar-refractivity contribution < 1.29 is 23.8 Å². The van der Waals surface area contributed by atoms with Gasteiger partial charge in [-0.2, -0.15) is 0 Å². The normalized spacial score (nSPS) is 11.5. The highest BCUT2D eigenvalue weighted by Gasteiger charge is 2.18. The molecule has 1 atom stereocenters. The maximum absolute atomic E-state index is 12.8. The average molecular weight is 617 g/mol. The zero-order valence-electron chi connectivity index (χ0n) is 26.6. The zero-order valence-corrected chi connectivity index (χ0v) is 27.5. The average Bonchev–Trinajstić information content (AvgIpc) is 3.05. The number of hydrogen-bond acceptors (Lipinski definition) is 6. The van der Waals surface area contributed by atoms with E-state index in [0.29, 0.717) is 23.0 Å². The molecule has 0 aliphatic rings. The van der Waals surface area contributed by atoms with Gasteiger partial charge in [-0.3, -0.25) is 0 Å². The Morgan fingerprint density at radius 2 is 1.27 bits per heavy atom. The van der Waals surface area contributed by atoms with Gasteiger partial charge in [-0.1, -0.05) is 121 Å². The Hall–Kier alpha value is -3.51. The maximum Gasteiger partial charge on any atom is 0.343 e. The molecule has 0 radical (unpaired) electrons. The van der Waals surface area contributed by atoms with Gasteiger partial charge in [-0.15, -0.1) is 0 Å². The van der Waals surface area contributed by atoms with Crippen molar-refractivity contribution in [1.29, 1.82) is 0 Å². The summed E-state index contributed by atoms with van der Waals surface area (Å²) in [5.74, 6) is -0.169. The Morgan fingerprint density at radius 3 is 1.91 bits per heavy atom. The van der Waals surface area contributed by atoms with Gasteiger partial charge in [0.1, 0.15) is 17.1 Å². The molecule has 5 nitrogen and oxygen atoms in total. The first kappa shape index (κ1) is 35.0. The fraction of sp³-hybridized carbons (Fsp3) is 0.447. The van der Waals surface area contributed by atoms with Gasteiger partial charge in [-0.05, 0) is 72.9 Å². The summed E-state index contributed by atoms with van der Waals surface area (Å²) in [6.07, 6.45) is 15.3. The molecule has 3 aromatic rings. The Balaban J connectivity index is 1.43. The number of thiocarbonyl (C=S) groups is 1. The van der Waals surface area contributed by atoms with Gasteiger partial charge < -0.3 is 14.2 Å². The molecule has 0 saturated carbocycles. The summed E-state index contributed by atoms with van der Waals surface area (Å²) in [6.45, 7) is 6.62. The minimum Gasteiger partial charge on any atom is -0.462 e. The second-order valence-corrected chi connectivity index (χ2v) is 11.9. The molecular weight excluding hydrogens is 568 g/mol. The van der Waals surface area contributed by atoms with Crippen LogP contribution in [-0.2, 0) is 11.2 Å². The van der Waals surface area contributed by atoms with Crippen molar-refractivity contribution in [1.82, 2.24) is 0 Å². The lowest BCUT2D eigenvalue weighted by Gasteiger charge is -2.12. The quantitative estimate of drug-likeness (QED) is 0.0578. The van der Waals surface area contributed by atoms with Crippen molar-refractivity contribution in [3.8, 4) is 11.5 Å². The van der Waals surface area contributed by atoms with Crippen molar-refractivity contribution >= 4 is 29.2 Å². The number of rotatable bonds is 19. The van der Waals surface area contributed by atoms with E-state index in [2.05, 4.69) is 19.1 Å². The van der Waals surface area contributed by atoms with Crippen LogP contribution in [0.4, 0.5) is 0 Å². The fourth-order valence-corrected chi connectivity index (χ4v) is 4.98. The number of para-hydroxylation sites is 1. The Morgan fingerprint density at radius 1 is 0.682 bits per heavy atom. The summed E-state index contributed by atoms with van der Waals surface area (Å²) in [4.78, 5) is 25.4. The lowest BCUT2D eigenvalue weighted by molar-refractivity contribution is 0.0442. The van der Waals surface area contributed by atoms with Crippen molar-refractivity contribution in [2.24, 2.45) is 5.92 Å². The van der Waals surface area contributed by atoms with Gasteiger partial charge in [0.05, 0.1) is 12.2 Å². The molecule has 0 fully saturated rings. The van der Waals surface area contributed by atoms with Crippen LogP contribution in [0.2, 0.25) is 0 Å². The molecule has 0 saturated heterocycles. The van der Waals surface area contributed by atoms with Gasteiger partial charge in [0.15, 0.2) is 5.05 Å². The van der Waals surface area contributed by atoms with Crippen molar-refractivity contribution in [3.63, 3.8) is 0 Å². The molecule has 236 valence electrons. The lowest BCUT2D eigenvalue weighted by atomic mass is 10.0. The standard InChI is InChI=1S/C38H48O5S/c1-4-6-7-8-9-10-11-12-13-14-17-30-20-22-32(23-21-30)38(44)42-33-26-24-31(25-27-33)36(39)43-35-19-16-15-18-34(35)37(40)41-28-29(3)5-2/h15-16,18-27,29H,4-14,17,28H2,1-3H3. The van der Waals surface area contributed by atoms with Crippen LogP contribution in [0.15, 0.2) is 72.8 Å². The number of esters is 2. The molecule has 0 amide bonds. The molecule has 0 aromatic heterocycles. The summed E-state index contributed by atoms with van der Waals surface area (Å²) in [5, 5.41) is 0.371. The first-order valence-corrected chi connectivity index (χ1v) is 16.7. The van der Waals surface area contributed by atoms with E-state index >= 15 is 0 Å². The van der Waals surface area contributed by atoms with Crippen LogP contribution < -0.4 is 9.47 Å². The van der Waals surface area contributed by atoms with E-state index < -0.39 is 11.9 Å². The SMILES string of the molecule is CCCCCCCCCCCCc1ccc(C(=S)Oc2ccc(C(=O)Oc3ccccc3C(=O)OCC(C)CC)cc2)cc1. The second kappa shape index (κ2) is 19.7. The molecule has 3 aromatic carbocycles. The Kier molecular flexibility index (Phi) is 15.7. The molecular formula is C38H48O5S. The number of carbonyl (C=O) groups is 2. The van der Waals surface area contributed by atoms with Gasteiger partial charge in [0.25, 0.3) is 0 Å². The summed E-state index contributed by atoms with van der Waals surface area (Å²) in [6, 6.07) is 21.4. The largest absolute Gasteiger partial charge is 0.462 e. The van der Waals surface area contributed by atoms with Crippen LogP contribution in [0.1, 0.15) is 123 Å². The van der Waals surface area contributed by atoms with Crippen LogP contribution in [0.3, 0.4) is 0 Å². The minimum atomic E-state index is -0.584. The van der Waals surface area contributed by atoms with Gasteiger partial charge in [0.2, 0.25) is 0 Å². The Bertz CT molecular complexity index is 1300. The predicted octanol–water partition coefficient (Wildman–Crippen LogP) is 10.3. The third kappa shape index (κ3) is 12.2. The summed E-state index contributed by atoms with van der Waals surface area (Å²) < 4.78 is 16.8. The van der Waals surface area contributed by atoms with Gasteiger partial charge >= 0.3 is 11.9 Å². The first-order chi connectivity index (χ1) is 21.4. The number of unbranched alkanes of at least 4 members (excludes halogenated alkanes) is 9. The van der Waals surface area contributed by atoms with E-state index in [1.54, 1.807) is 48.5 Å². The molecule has 44 heavy (non-hydrogen) atoms. The van der Waals surface area contributed by atoms with E-state index in [0.717, 1.165) is 18.4 Å². The summed E-state index contributed by atoms with van der Waals surface area (Å²) in [5.41, 5.74) is 2.68. The van der Waals surface area contributed by atoms with Crippen molar-refractivity contribution in [3.05, 3.63) is 95.1 Å². The topological polar surface area (TPSA) is 61.8 Å². The third-order valence-electron chi connectivity index (χ3n) is 7.81. The number of hydrogen-bond donors (Lipinski definition) is 0. The van der Waals surface area contributed by atoms with Crippen LogP contribution in [0, 0.1) is 5.92 Å². The summed E-state index contributed by atoms with van der Waals surface area (Å²) >= 11 is 5.52. The maximum atomic E-state index is 12.8. The van der Waals surface area contributed by atoms with E-state index in [-0.39, 0.29) is 17.2 Å². The van der Waals surface area contributed by atoms with Crippen LogP contribution in [0.25, 0.3) is 0 Å². The molecule has 6 heteroatoms. The minimum absolute atomic E-state index is 0.157. The smallest absolute Gasteiger partial charge is 0.343 e. The van der Waals surface area contributed by atoms with Crippen LogP contribution in [-0.4, -0.2) is 23.6 Å².